The smallest absolute Gasteiger partial charge is 0.255 e. The zero-order valence-corrected chi connectivity index (χ0v) is 17.5. The van der Waals surface area contributed by atoms with Gasteiger partial charge in [-0.1, -0.05) is 12.1 Å². The number of aliphatic hydroxyl groups excluding tert-OH is 3. The topological polar surface area (TPSA) is 141 Å². The van der Waals surface area contributed by atoms with Crippen LogP contribution < -0.4 is 5.32 Å². The second-order valence-electron chi connectivity index (χ2n) is 7.93. The maximum atomic E-state index is 12.6. The van der Waals surface area contributed by atoms with Gasteiger partial charge in [0.15, 0.2) is 12.2 Å². The molecule has 0 radical (unpaired) electrons. The summed E-state index contributed by atoms with van der Waals surface area (Å²) in [5.41, 5.74) is 2.24. The first-order valence-electron chi connectivity index (χ1n) is 10.3. The van der Waals surface area contributed by atoms with E-state index in [-0.39, 0.29) is 24.9 Å². The van der Waals surface area contributed by atoms with Crippen molar-refractivity contribution in [3.63, 3.8) is 0 Å². The Labute approximate surface area is 184 Å². The van der Waals surface area contributed by atoms with Crippen molar-refractivity contribution in [1.82, 2.24) is 25.0 Å². The zero-order valence-electron chi connectivity index (χ0n) is 17.5. The average molecular weight is 439 g/mol. The fourth-order valence-electron chi connectivity index (χ4n) is 3.91. The van der Waals surface area contributed by atoms with Gasteiger partial charge < -0.3 is 25.5 Å². The monoisotopic (exact) mass is 439 g/mol. The van der Waals surface area contributed by atoms with E-state index in [9.17, 15) is 24.9 Å². The molecule has 4 N–H and O–H groups in total. The van der Waals surface area contributed by atoms with Crippen molar-refractivity contribution in [3.05, 3.63) is 71.5 Å². The van der Waals surface area contributed by atoms with Gasteiger partial charge in [-0.05, 0) is 42.7 Å². The SMILES string of the molecule is C[C@@H](NC(=O)[C@H](O)[C@@H](O)C(=O)N1Cc2cccnc2C1)C1=CCC(n2cccn2)C(O)=C1. The highest BCUT2D eigenvalue weighted by molar-refractivity contribution is 5.91. The second kappa shape index (κ2) is 8.93. The van der Waals surface area contributed by atoms with E-state index in [1.165, 1.54) is 4.90 Å². The molecule has 1 aliphatic carbocycles. The lowest BCUT2D eigenvalue weighted by molar-refractivity contribution is -0.153. The van der Waals surface area contributed by atoms with E-state index in [1.54, 1.807) is 48.4 Å². The van der Waals surface area contributed by atoms with Gasteiger partial charge in [-0.3, -0.25) is 19.3 Å². The van der Waals surface area contributed by atoms with Crippen LogP contribution in [0.5, 0.6) is 0 Å². The van der Waals surface area contributed by atoms with Crippen LogP contribution in [0.4, 0.5) is 0 Å². The molecule has 4 atom stereocenters. The Kier molecular flexibility index (Phi) is 6.06. The Morgan fingerprint density at radius 2 is 2.00 bits per heavy atom. The molecule has 0 aromatic carbocycles. The van der Waals surface area contributed by atoms with E-state index in [2.05, 4.69) is 15.4 Å². The summed E-state index contributed by atoms with van der Waals surface area (Å²) in [5.74, 6) is -1.52. The van der Waals surface area contributed by atoms with Gasteiger partial charge in [-0.25, -0.2) is 0 Å². The molecule has 1 unspecified atom stereocenters. The van der Waals surface area contributed by atoms with E-state index >= 15 is 0 Å². The summed E-state index contributed by atoms with van der Waals surface area (Å²) in [6.07, 6.45) is 5.06. The quantitative estimate of drug-likeness (QED) is 0.509. The van der Waals surface area contributed by atoms with Crippen LogP contribution in [-0.4, -0.2) is 65.0 Å². The molecule has 1 aliphatic heterocycles. The number of hydrogen-bond acceptors (Lipinski definition) is 7. The minimum absolute atomic E-state index is 0.102. The third-order valence-corrected chi connectivity index (χ3v) is 5.75. The van der Waals surface area contributed by atoms with Gasteiger partial charge in [-0.15, -0.1) is 0 Å². The summed E-state index contributed by atoms with van der Waals surface area (Å²) in [5, 5.41) is 37.7. The van der Waals surface area contributed by atoms with Crippen LogP contribution in [0.3, 0.4) is 0 Å². The molecule has 10 heteroatoms. The number of fused-ring (bicyclic) bond motifs is 1. The van der Waals surface area contributed by atoms with Crippen molar-refractivity contribution in [1.29, 1.82) is 0 Å². The summed E-state index contributed by atoms with van der Waals surface area (Å²) in [4.78, 5) is 30.6. The summed E-state index contributed by atoms with van der Waals surface area (Å²) in [6.45, 7) is 2.16. The molecule has 0 spiro atoms. The Balaban J connectivity index is 1.34. The summed E-state index contributed by atoms with van der Waals surface area (Å²) >= 11 is 0. The fraction of sp³-hybridized carbons (Fsp3) is 0.364. The van der Waals surface area contributed by atoms with Crippen LogP contribution in [0.25, 0.3) is 0 Å². The molecule has 0 bridgehead atoms. The highest BCUT2D eigenvalue weighted by atomic mass is 16.3. The van der Waals surface area contributed by atoms with Gasteiger partial charge in [-0.2, -0.15) is 5.10 Å². The van der Waals surface area contributed by atoms with E-state index in [0.29, 0.717) is 12.0 Å². The standard InChI is InChI=1S/C22H25N5O5/c1-13(14-5-6-17(18(28)10-14)27-9-3-8-24-27)25-21(31)19(29)20(30)22(32)26-11-15-4-2-7-23-16(15)12-26/h2-5,7-10,13,17,19-20,28-30H,6,11-12H2,1H3,(H,25,31)/t13-,17?,19-,20-/m1/s1. The third-order valence-electron chi connectivity index (χ3n) is 5.75. The lowest BCUT2D eigenvalue weighted by Crippen LogP contribution is -2.51. The number of amides is 2. The molecular weight excluding hydrogens is 414 g/mol. The molecule has 2 aromatic heterocycles. The zero-order chi connectivity index (χ0) is 22.8. The molecule has 0 fully saturated rings. The maximum Gasteiger partial charge on any atom is 0.255 e. The van der Waals surface area contributed by atoms with Crippen molar-refractivity contribution in [3.8, 4) is 0 Å². The Hall–Kier alpha value is -3.50. The van der Waals surface area contributed by atoms with E-state index in [0.717, 1.165) is 11.3 Å². The number of pyridine rings is 1. The number of nitrogens with one attached hydrogen (secondary N) is 1. The van der Waals surface area contributed by atoms with Gasteiger partial charge >= 0.3 is 0 Å². The molecular formula is C22H25N5O5. The molecule has 2 aromatic rings. The van der Waals surface area contributed by atoms with Gasteiger partial charge in [0.2, 0.25) is 0 Å². The van der Waals surface area contributed by atoms with Crippen molar-refractivity contribution >= 4 is 11.8 Å². The molecule has 10 nitrogen and oxygen atoms in total. The second-order valence-corrected chi connectivity index (χ2v) is 7.93. The largest absolute Gasteiger partial charge is 0.510 e. The minimum atomic E-state index is -1.93. The number of hydrogen-bond donors (Lipinski definition) is 4. The third kappa shape index (κ3) is 4.27. The Morgan fingerprint density at radius 1 is 1.19 bits per heavy atom. The summed E-state index contributed by atoms with van der Waals surface area (Å²) in [6, 6.07) is 4.49. The van der Waals surface area contributed by atoms with Crippen LogP contribution in [0.15, 0.2) is 60.3 Å². The van der Waals surface area contributed by atoms with Crippen molar-refractivity contribution < 1.29 is 24.9 Å². The van der Waals surface area contributed by atoms with Crippen molar-refractivity contribution in [2.45, 2.75) is 50.7 Å². The van der Waals surface area contributed by atoms with Crippen LogP contribution in [-0.2, 0) is 22.7 Å². The van der Waals surface area contributed by atoms with Gasteiger partial charge in [0, 0.05) is 25.1 Å². The Morgan fingerprint density at radius 3 is 2.69 bits per heavy atom. The van der Waals surface area contributed by atoms with Gasteiger partial charge in [0.1, 0.15) is 11.8 Å². The number of allylic oxidation sites excluding steroid dienone is 2. The highest BCUT2D eigenvalue weighted by Gasteiger charge is 2.36. The summed E-state index contributed by atoms with van der Waals surface area (Å²) in [7, 11) is 0. The number of aromatic nitrogens is 3. The molecule has 2 aliphatic rings. The number of aliphatic hydroxyl groups is 3. The van der Waals surface area contributed by atoms with Crippen LogP contribution in [0, 0.1) is 0 Å². The predicted octanol–water partition coefficient (Wildman–Crippen LogP) is 0.360. The first kappa shape index (κ1) is 21.7. The van der Waals surface area contributed by atoms with Gasteiger partial charge in [0.25, 0.3) is 11.8 Å². The molecule has 0 saturated carbocycles. The predicted molar refractivity (Wildman–Crippen MR) is 113 cm³/mol. The number of carbonyl (C=O) groups excluding carboxylic acids is 2. The van der Waals surface area contributed by atoms with Crippen LogP contribution in [0.1, 0.15) is 30.6 Å². The number of rotatable bonds is 6. The molecule has 32 heavy (non-hydrogen) atoms. The average Bonchev–Trinajstić information content (AvgIpc) is 3.47. The van der Waals surface area contributed by atoms with Crippen LogP contribution in [0.2, 0.25) is 0 Å². The molecule has 0 saturated heterocycles. The normalized spacial score (nSPS) is 20.6. The lowest BCUT2D eigenvalue weighted by Gasteiger charge is -2.26. The first-order valence-corrected chi connectivity index (χ1v) is 10.3. The highest BCUT2D eigenvalue weighted by Crippen LogP contribution is 2.27. The molecule has 4 rings (SSSR count). The number of carbonyl (C=O) groups is 2. The van der Waals surface area contributed by atoms with Crippen molar-refractivity contribution in [2.24, 2.45) is 0 Å². The van der Waals surface area contributed by atoms with Crippen LogP contribution >= 0.6 is 0 Å². The number of nitrogens with zero attached hydrogens (tertiary/aromatic N) is 4. The van der Waals surface area contributed by atoms with E-state index in [4.69, 9.17) is 0 Å². The molecule has 3 heterocycles. The van der Waals surface area contributed by atoms with E-state index < -0.39 is 30.1 Å². The summed E-state index contributed by atoms with van der Waals surface area (Å²) < 4.78 is 1.64. The first-order chi connectivity index (χ1) is 15.3. The Bertz CT molecular complexity index is 1040. The molecule has 168 valence electrons. The molecule has 2 amide bonds. The minimum Gasteiger partial charge on any atom is -0.510 e. The van der Waals surface area contributed by atoms with Gasteiger partial charge in [0.05, 0.1) is 18.3 Å². The van der Waals surface area contributed by atoms with Crippen molar-refractivity contribution in [2.75, 3.05) is 0 Å². The maximum absolute atomic E-state index is 12.6. The fourth-order valence-corrected chi connectivity index (χ4v) is 3.91. The van der Waals surface area contributed by atoms with E-state index in [1.807, 2.05) is 12.1 Å². The lowest BCUT2D eigenvalue weighted by atomic mass is 9.96.